The van der Waals surface area contributed by atoms with Crippen molar-refractivity contribution in [2.75, 3.05) is 0 Å². The maximum atomic E-state index is 12.6. The molecular formula is C20H26N6O. The third-order valence-electron chi connectivity index (χ3n) is 4.91. The second-order valence-corrected chi connectivity index (χ2v) is 6.75. The van der Waals surface area contributed by atoms with Crippen molar-refractivity contribution in [1.82, 2.24) is 29.9 Å². The molecule has 1 N–H and O–H groups in total. The average Bonchev–Trinajstić information content (AvgIpc) is 3.26. The standard InChI is InChI=1S/C20H26N6O/c1-15-18(16(2)25(3)24-15)9-10-20(27)23-19(17-7-5-4-6-8-17)11-12-26-14-21-13-22-26/h4-8,13-14,19H,9-12H2,1-3H3,(H,23,27). The topological polar surface area (TPSA) is 77.6 Å². The number of nitrogens with one attached hydrogen (secondary N) is 1. The highest BCUT2D eigenvalue weighted by Gasteiger charge is 2.16. The van der Waals surface area contributed by atoms with Crippen LogP contribution in [0, 0.1) is 13.8 Å². The molecule has 3 aromatic rings. The Morgan fingerprint density at radius 2 is 2.00 bits per heavy atom. The van der Waals surface area contributed by atoms with Crippen LogP contribution in [0.2, 0.25) is 0 Å². The molecule has 1 atom stereocenters. The van der Waals surface area contributed by atoms with E-state index in [1.165, 1.54) is 6.33 Å². The van der Waals surface area contributed by atoms with Crippen LogP contribution in [0.3, 0.4) is 0 Å². The molecule has 3 rings (SSSR count). The van der Waals surface area contributed by atoms with E-state index in [9.17, 15) is 4.79 Å². The monoisotopic (exact) mass is 366 g/mol. The van der Waals surface area contributed by atoms with Gasteiger partial charge in [-0.3, -0.25) is 14.2 Å². The first-order valence-corrected chi connectivity index (χ1v) is 9.20. The summed E-state index contributed by atoms with van der Waals surface area (Å²) in [6.45, 7) is 4.73. The van der Waals surface area contributed by atoms with Crippen LogP contribution in [0.5, 0.6) is 0 Å². The van der Waals surface area contributed by atoms with Crippen LogP contribution in [-0.2, 0) is 24.8 Å². The first-order valence-electron chi connectivity index (χ1n) is 9.20. The van der Waals surface area contributed by atoms with Gasteiger partial charge in [0.05, 0.1) is 11.7 Å². The van der Waals surface area contributed by atoms with Gasteiger partial charge in [0.2, 0.25) is 5.91 Å². The zero-order chi connectivity index (χ0) is 19.2. The summed E-state index contributed by atoms with van der Waals surface area (Å²) < 4.78 is 3.65. The van der Waals surface area contributed by atoms with Crippen molar-refractivity contribution in [1.29, 1.82) is 0 Å². The van der Waals surface area contributed by atoms with Gasteiger partial charge in [-0.1, -0.05) is 30.3 Å². The fraction of sp³-hybridized carbons (Fsp3) is 0.400. The van der Waals surface area contributed by atoms with E-state index in [1.54, 1.807) is 11.0 Å². The lowest BCUT2D eigenvalue weighted by Crippen LogP contribution is -2.29. The summed E-state index contributed by atoms with van der Waals surface area (Å²) in [5.74, 6) is 0.0464. The number of rotatable bonds is 8. The van der Waals surface area contributed by atoms with Crippen LogP contribution in [0.25, 0.3) is 0 Å². The molecule has 0 aliphatic carbocycles. The zero-order valence-electron chi connectivity index (χ0n) is 16.1. The second kappa shape index (κ2) is 8.62. The number of nitrogens with zero attached hydrogens (tertiary/aromatic N) is 5. The Morgan fingerprint density at radius 1 is 1.22 bits per heavy atom. The lowest BCUT2D eigenvalue weighted by molar-refractivity contribution is -0.121. The van der Waals surface area contributed by atoms with E-state index in [4.69, 9.17) is 0 Å². The van der Waals surface area contributed by atoms with Crippen molar-refractivity contribution >= 4 is 5.91 Å². The van der Waals surface area contributed by atoms with Crippen LogP contribution in [-0.4, -0.2) is 30.5 Å². The Hall–Kier alpha value is -2.96. The summed E-state index contributed by atoms with van der Waals surface area (Å²) in [5.41, 5.74) is 4.37. The molecule has 2 aromatic heterocycles. The summed E-state index contributed by atoms with van der Waals surface area (Å²) in [4.78, 5) is 16.6. The lowest BCUT2D eigenvalue weighted by Gasteiger charge is -2.19. The van der Waals surface area contributed by atoms with Crippen LogP contribution >= 0.6 is 0 Å². The van der Waals surface area contributed by atoms with E-state index in [1.807, 2.05) is 55.9 Å². The maximum Gasteiger partial charge on any atom is 0.220 e. The van der Waals surface area contributed by atoms with Crippen molar-refractivity contribution in [3.05, 3.63) is 65.5 Å². The van der Waals surface area contributed by atoms with Crippen LogP contribution in [0.4, 0.5) is 0 Å². The maximum absolute atomic E-state index is 12.6. The predicted molar refractivity (Wildman–Crippen MR) is 103 cm³/mol. The fourth-order valence-electron chi connectivity index (χ4n) is 3.30. The van der Waals surface area contributed by atoms with Gasteiger partial charge in [-0.2, -0.15) is 10.2 Å². The quantitative estimate of drug-likeness (QED) is 0.664. The van der Waals surface area contributed by atoms with Gasteiger partial charge in [-0.15, -0.1) is 0 Å². The number of carbonyl (C=O) groups excluding carboxylic acids is 1. The first-order chi connectivity index (χ1) is 13.0. The van der Waals surface area contributed by atoms with Crippen LogP contribution < -0.4 is 5.32 Å². The third-order valence-corrected chi connectivity index (χ3v) is 4.91. The molecule has 7 heteroatoms. The molecule has 0 aliphatic heterocycles. The Morgan fingerprint density at radius 3 is 2.63 bits per heavy atom. The van der Waals surface area contributed by atoms with Gasteiger partial charge in [-0.05, 0) is 37.8 Å². The summed E-state index contributed by atoms with van der Waals surface area (Å²) >= 11 is 0. The van der Waals surface area contributed by atoms with Crippen LogP contribution in [0.15, 0.2) is 43.0 Å². The van der Waals surface area contributed by atoms with E-state index in [2.05, 4.69) is 20.5 Å². The number of amides is 1. The smallest absolute Gasteiger partial charge is 0.220 e. The molecule has 0 aliphatic rings. The van der Waals surface area contributed by atoms with E-state index < -0.39 is 0 Å². The van der Waals surface area contributed by atoms with Gasteiger partial charge in [-0.25, -0.2) is 4.98 Å². The number of hydrogen-bond donors (Lipinski definition) is 1. The van der Waals surface area contributed by atoms with E-state index in [0.29, 0.717) is 19.4 Å². The Balaban J connectivity index is 1.63. The van der Waals surface area contributed by atoms with Gasteiger partial charge < -0.3 is 5.32 Å². The molecular weight excluding hydrogens is 340 g/mol. The number of aryl methyl sites for hydroxylation is 3. The third kappa shape index (κ3) is 4.81. The molecule has 1 unspecified atom stereocenters. The minimum Gasteiger partial charge on any atom is -0.349 e. The largest absolute Gasteiger partial charge is 0.349 e. The van der Waals surface area contributed by atoms with E-state index in [0.717, 1.165) is 28.9 Å². The van der Waals surface area contributed by atoms with Crippen molar-refractivity contribution < 1.29 is 4.79 Å². The Labute approximate surface area is 159 Å². The van der Waals surface area contributed by atoms with Crippen LogP contribution in [0.1, 0.15) is 41.4 Å². The molecule has 1 aromatic carbocycles. The highest BCUT2D eigenvalue weighted by Crippen LogP contribution is 2.19. The number of carbonyl (C=O) groups is 1. The zero-order valence-corrected chi connectivity index (χ0v) is 16.1. The molecule has 27 heavy (non-hydrogen) atoms. The number of aromatic nitrogens is 5. The molecule has 0 saturated carbocycles. The van der Waals surface area contributed by atoms with E-state index >= 15 is 0 Å². The summed E-state index contributed by atoms with van der Waals surface area (Å²) in [6, 6.07) is 9.99. The first kappa shape index (κ1) is 18.8. The molecule has 7 nitrogen and oxygen atoms in total. The Bertz CT molecular complexity index is 870. The van der Waals surface area contributed by atoms with Gasteiger partial charge >= 0.3 is 0 Å². The van der Waals surface area contributed by atoms with Gasteiger partial charge in [0.15, 0.2) is 0 Å². The summed E-state index contributed by atoms with van der Waals surface area (Å²) in [6.07, 6.45) is 5.11. The minimum atomic E-state index is -0.0565. The minimum absolute atomic E-state index is 0.0464. The molecule has 0 saturated heterocycles. The normalized spacial score (nSPS) is 12.1. The molecule has 2 heterocycles. The van der Waals surface area contributed by atoms with Crippen molar-refractivity contribution in [2.45, 2.75) is 45.7 Å². The predicted octanol–water partition coefficient (Wildman–Crippen LogP) is 2.51. The van der Waals surface area contributed by atoms with Gasteiger partial charge in [0, 0.05) is 25.7 Å². The second-order valence-electron chi connectivity index (χ2n) is 6.75. The molecule has 0 radical (unpaired) electrons. The highest BCUT2D eigenvalue weighted by molar-refractivity contribution is 5.76. The highest BCUT2D eigenvalue weighted by atomic mass is 16.1. The molecule has 1 amide bonds. The number of hydrogen-bond acceptors (Lipinski definition) is 4. The van der Waals surface area contributed by atoms with E-state index in [-0.39, 0.29) is 11.9 Å². The van der Waals surface area contributed by atoms with Crippen molar-refractivity contribution in [2.24, 2.45) is 7.05 Å². The van der Waals surface area contributed by atoms with Crippen molar-refractivity contribution in [3.63, 3.8) is 0 Å². The Kier molecular flexibility index (Phi) is 6.01. The SMILES string of the molecule is Cc1nn(C)c(C)c1CCC(=O)NC(CCn1cncn1)c1ccccc1. The number of benzene rings is 1. The molecule has 0 spiro atoms. The summed E-state index contributed by atoms with van der Waals surface area (Å²) in [7, 11) is 1.93. The molecule has 0 bridgehead atoms. The fourth-order valence-corrected chi connectivity index (χ4v) is 3.30. The molecule has 142 valence electrons. The average molecular weight is 366 g/mol. The van der Waals surface area contributed by atoms with Gasteiger partial charge in [0.1, 0.15) is 12.7 Å². The summed E-state index contributed by atoms with van der Waals surface area (Å²) in [5, 5.41) is 11.8. The molecule has 0 fully saturated rings. The lowest BCUT2D eigenvalue weighted by atomic mass is 10.0. The van der Waals surface area contributed by atoms with Crippen molar-refractivity contribution in [3.8, 4) is 0 Å². The van der Waals surface area contributed by atoms with Gasteiger partial charge in [0.25, 0.3) is 0 Å².